The maximum absolute atomic E-state index is 14.2. The highest BCUT2D eigenvalue weighted by atomic mass is 32.2. The number of furan rings is 1. The van der Waals surface area contributed by atoms with E-state index in [1.807, 2.05) is 6.92 Å². The lowest BCUT2D eigenvalue weighted by Gasteiger charge is -2.24. The van der Waals surface area contributed by atoms with Crippen LogP contribution in [0.4, 0.5) is 9.52 Å². The monoisotopic (exact) mass is 673 g/mol. The molecule has 1 atom stereocenters. The van der Waals surface area contributed by atoms with Gasteiger partial charge in [-0.1, -0.05) is 66.1 Å². The Bertz CT molecular complexity index is 2000. The van der Waals surface area contributed by atoms with Gasteiger partial charge in [0, 0.05) is 11.1 Å². The minimum absolute atomic E-state index is 0.0884. The molecule has 6 rings (SSSR count). The molecule has 0 saturated heterocycles. The maximum atomic E-state index is 14.2. The number of benzene rings is 3. The Morgan fingerprint density at radius 3 is 2.66 bits per heavy atom. The predicted octanol–water partition coefficient (Wildman–Crippen LogP) is 7.47. The van der Waals surface area contributed by atoms with Crippen molar-refractivity contribution in [2.75, 3.05) is 25.2 Å². The number of carbonyl (C=O) groups is 2. The van der Waals surface area contributed by atoms with Gasteiger partial charge in [-0.15, -0.1) is 10.2 Å². The number of hydrogen-bond donors (Lipinski definition) is 1. The molecular formula is C34H28FN3O7S2. The van der Waals surface area contributed by atoms with E-state index in [4.69, 9.17) is 18.6 Å². The van der Waals surface area contributed by atoms with Crippen LogP contribution in [-0.2, 0) is 10.5 Å². The number of ketones is 1. The molecule has 5 aromatic rings. The number of para-hydroxylation sites is 1. The fraction of sp³-hybridized carbons (Fsp3) is 0.176. The molecule has 0 fully saturated rings. The van der Waals surface area contributed by atoms with Crippen molar-refractivity contribution in [3.8, 4) is 17.2 Å². The van der Waals surface area contributed by atoms with Gasteiger partial charge in [-0.2, -0.15) is 0 Å². The third-order valence-electron chi connectivity index (χ3n) is 7.22. The van der Waals surface area contributed by atoms with Crippen molar-refractivity contribution >= 4 is 50.9 Å². The second-order valence-electron chi connectivity index (χ2n) is 10.2. The molecule has 0 saturated carbocycles. The number of aliphatic hydroxyl groups excluding tert-OH is 1. The van der Waals surface area contributed by atoms with Gasteiger partial charge in [0.05, 0.1) is 25.3 Å². The molecule has 10 nitrogen and oxygen atoms in total. The lowest BCUT2D eigenvalue weighted by Crippen LogP contribution is -2.31. The molecule has 0 aliphatic carbocycles. The average Bonchev–Trinajstić information content (AvgIpc) is 3.80. The van der Waals surface area contributed by atoms with E-state index in [2.05, 4.69) is 16.8 Å². The zero-order valence-electron chi connectivity index (χ0n) is 25.3. The van der Waals surface area contributed by atoms with Gasteiger partial charge in [0.15, 0.2) is 38.7 Å². The van der Waals surface area contributed by atoms with Crippen LogP contribution in [0.5, 0.6) is 17.2 Å². The summed E-state index contributed by atoms with van der Waals surface area (Å²) in [5.74, 6) is -0.961. The highest BCUT2D eigenvalue weighted by Gasteiger charge is 2.47. The highest BCUT2D eigenvalue weighted by molar-refractivity contribution is 8.00. The molecule has 2 aromatic heterocycles. The molecule has 13 heteroatoms. The maximum Gasteiger partial charge on any atom is 0.296 e. The molecular weight excluding hydrogens is 646 g/mol. The summed E-state index contributed by atoms with van der Waals surface area (Å²) >= 11 is 2.48. The fourth-order valence-electron chi connectivity index (χ4n) is 5.11. The molecule has 1 aliphatic heterocycles. The van der Waals surface area contributed by atoms with Crippen molar-refractivity contribution in [3.05, 3.63) is 113 Å². The summed E-state index contributed by atoms with van der Waals surface area (Å²) in [5.41, 5.74) is 1.47. The van der Waals surface area contributed by atoms with Crippen molar-refractivity contribution < 1.29 is 37.7 Å². The SMILES string of the molecule is C=CCOc1ccc(C2C(C(=O)c3cc4cccc(OC)c4o3)=C(O)C(=O)N2c2nnc(SCc3ccc(F)cc3)s2)cc1OCC. The number of methoxy groups -OCH3 is 1. The Kier molecular flexibility index (Phi) is 9.27. The first-order valence-corrected chi connectivity index (χ1v) is 16.2. The number of ether oxygens (including phenoxy) is 3. The van der Waals surface area contributed by atoms with E-state index >= 15 is 0 Å². The van der Waals surface area contributed by atoms with Crippen LogP contribution in [0.2, 0.25) is 0 Å². The number of thioether (sulfide) groups is 1. The quantitative estimate of drug-likeness (QED) is 0.0583. The highest BCUT2D eigenvalue weighted by Crippen LogP contribution is 2.46. The number of carbonyl (C=O) groups excluding carboxylic acids is 2. The van der Waals surface area contributed by atoms with Gasteiger partial charge in [-0.3, -0.25) is 14.5 Å². The van der Waals surface area contributed by atoms with Crippen molar-refractivity contribution in [2.45, 2.75) is 23.1 Å². The first kappa shape index (κ1) is 31.8. The number of fused-ring (bicyclic) bond motifs is 1. The van der Waals surface area contributed by atoms with E-state index in [9.17, 15) is 19.1 Å². The molecule has 1 aliphatic rings. The average molecular weight is 674 g/mol. The van der Waals surface area contributed by atoms with Gasteiger partial charge in [-0.25, -0.2) is 4.39 Å². The van der Waals surface area contributed by atoms with Crippen molar-refractivity contribution in [2.24, 2.45) is 0 Å². The van der Waals surface area contributed by atoms with Crippen LogP contribution in [0.1, 0.15) is 34.6 Å². The van der Waals surface area contributed by atoms with E-state index in [1.165, 1.54) is 42.0 Å². The number of aromatic nitrogens is 2. The van der Waals surface area contributed by atoms with Gasteiger partial charge < -0.3 is 23.7 Å². The van der Waals surface area contributed by atoms with Gasteiger partial charge in [-0.05, 0) is 54.4 Å². The number of anilines is 1. The third kappa shape index (κ3) is 6.31. The molecule has 0 radical (unpaired) electrons. The van der Waals surface area contributed by atoms with Gasteiger partial charge in [0.1, 0.15) is 12.4 Å². The Labute approximate surface area is 277 Å². The van der Waals surface area contributed by atoms with Gasteiger partial charge in [0.2, 0.25) is 10.9 Å². The van der Waals surface area contributed by atoms with Crippen molar-refractivity contribution in [1.29, 1.82) is 0 Å². The fourth-order valence-corrected chi connectivity index (χ4v) is 6.93. The van der Waals surface area contributed by atoms with Crippen LogP contribution >= 0.6 is 23.1 Å². The summed E-state index contributed by atoms with van der Waals surface area (Å²) in [6, 6.07) is 16.8. The topological polar surface area (TPSA) is 124 Å². The first-order valence-electron chi connectivity index (χ1n) is 14.4. The summed E-state index contributed by atoms with van der Waals surface area (Å²) in [4.78, 5) is 29.2. The zero-order valence-corrected chi connectivity index (χ0v) is 26.9. The lowest BCUT2D eigenvalue weighted by molar-refractivity contribution is -0.117. The van der Waals surface area contributed by atoms with E-state index in [0.29, 0.717) is 50.5 Å². The molecule has 1 unspecified atom stereocenters. The van der Waals surface area contributed by atoms with Crippen molar-refractivity contribution in [3.63, 3.8) is 0 Å². The minimum Gasteiger partial charge on any atom is -0.503 e. The third-order valence-corrected chi connectivity index (χ3v) is 9.35. The van der Waals surface area contributed by atoms with Crippen LogP contribution in [0, 0.1) is 5.82 Å². The Balaban J connectivity index is 1.41. The molecule has 0 spiro atoms. The second-order valence-corrected chi connectivity index (χ2v) is 12.3. The van der Waals surface area contributed by atoms with Crippen LogP contribution in [-0.4, -0.2) is 47.3 Å². The first-order chi connectivity index (χ1) is 22.8. The minimum atomic E-state index is -1.12. The number of rotatable bonds is 13. The summed E-state index contributed by atoms with van der Waals surface area (Å²) in [6.07, 6.45) is 1.60. The normalized spacial score (nSPS) is 14.6. The molecule has 0 bridgehead atoms. The predicted molar refractivity (Wildman–Crippen MR) is 176 cm³/mol. The molecule has 1 amide bonds. The van der Waals surface area contributed by atoms with Crippen LogP contribution in [0.3, 0.4) is 0 Å². The Hall–Kier alpha value is -5.14. The van der Waals surface area contributed by atoms with E-state index in [-0.39, 0.29) is 28.9 Å². The number of Topliss-reactive ketones (excluding diaryl/α,β-unsaturated/α-hetero) is 1. The number of hydrogen-bond acceptors (Lipinski definition) is 11. The largest absolute Gasteiger partial charge is 0.503 e. The number of aliphatic hydroxyl groups is 1. The van der Waals surface area contributed by atoms with Crippen LogP contribution in [0.15, 0.2) is 99.5 Å². The van der Waals surface area contributed by atoms with E-state index in [0.717, 1.165) is 16.9 Å². The second kappa shape index (κ2) is 13.7. The molecule has 3 heterocycles. The van der Waals surface area contributed by atoms with Gasteiger partial charge in [0.25, 0.3) is 5.91 Å². The zero-order chi connectivity index (χ0) is 33.1. The number of halogens is 1. The lowest BCUT2D eigenvalue weighted by atomic mass is 9.95. The summed E-state index contributed by atoms with van der Waals surface area (Å²) in [5, 5.41) is 20.6. The Morgan fingerprint density at radius 2 is 1.91 bits per heavy atom. The number of amides is 1. The van der Waals surface area contributed by atoms with Crippen LogP contribution in [0.25, 0.3) is 11.0 Å². The molecule has 1 N–H and O–H groups in total. The smallest absolute Gasteiger partial charge is 0.296 e. The number of nitrogens with zero attached hydrogens (tertiary/aromatic N) is 3. The Morgan fingerprint density at radius 1 is 1.11 bits per heavy atom. The summed E-state index contributed by atoms with van der Waals surface area (Å²) in [7, 11) is 1.49. The molecule has 47 heavy (non-hydrogen) atoms. The summed E-state index contributed by atoms with van der Waals surface area (Å²) < 4.78 is 36.8. The molecule has 3 aromatic carbocycles. The van der Waals surface area contributed by atoms with Gasteiger partial charge >= 0.3 is 0 Å². The van der Waals surface area contributed by atoms with E-state index < -0.39 is 23.5 Å². The van der Waals surface area contributed by atoms with Crippen LogP contribution < -0.4 is 19.1 Å². The summed E-state index contributed by atoms with van der Waals surface area (Å²) in [6.45, 7) is 6.06. The molecule has 240 valence electrons. The standard InChI is InChI=1S/C34H28FN3O7S2/c1-4-15-44-23-14-11-20(16-25(23)43-5-2)28-27(29(39)26-17-21-7-6-8-24(42-3)31(21)45-26)30(40)32(41)38(28)33-36-37-34(47-33)46-18-19-9-12-22(35)13-10-19/h4,6-14,16-17,28,40H,1,5,15,18H2,2-3H3. The van der Waals surface area contributed by atoms with Crippen molar-refractivity contribution in [1.82, 2.24) is 10.2 Å². The van der Waals surface area contributed by atoms with E-state index in [1.54, 1.807) is 54.6 Å².